The van der Waals surface area contributed by atoms with E-state index in [1.165, 1.54) is 39.1 Å². The third kappa shape index (κ3) is 8.52. The van der Waals surface area contributed by atoms with Crippen LogP contribution in [0, 0.1) is 47.0 Å². The summed E-state index contributed by atoms with van der Waals surface area (Å²) in [7, 11) is 0. The van der Waals surface area contributed by atoms with Gasteiger partial charge in [-0.2, -0.15) is 0 Å². The van der Waals surface area contributed by atoms with E-state index in [2.05, 4.69) is 51.4 Å². The molecule has 0 atom stereocenters. The Balaban J connectivity index is 0.000000202. The van der Waals surface area contributed by atoms with E-state index in [1.54, 1.807) is 6.92 Å². The first-order chi connectivity index (χ1) is 24.6. The SMILES string of the molecule is CC1(C)CCSc2ccc(C#Cc3ccc(C(=O)O)c(F)c3F)cc21.CCOC(=O)c1ccc(C#Cc2ccc3c(c2)C(C)(C)CCS3)c(F)c1F. The fourth-order valence-corrected chi connectivity index (χ4v) is 8.70. The molecule has 4 aromatic carbocycles. The molecule has 0 saturated carbocycles. The lowest BCUT2D eigenvalue weighted by molar-refractivity contribution is 0.0519. The van der Waals surface area contributed by atoms with E-state index in [-0.39, 0.29) is 28.6 Å². The van der Waals surface area contributed by atoms with Gasteiger partial charge in [-0.05, 0) is 114 Å². The van der Waals surface area contributed by atoms with Crippen LogP contribution < -0.4 is 0 Å². The van der Waals surface area contributed by atoms with Crippen LogP contribution in [-0.4, -0.2) is 35.2 Å². The van der Waals surface area contributed by atoms with Gasteiger partial charge >= 0.3 is 11.9 Å². The molecule has 2 aliphatic rings. The number of fused-ring (bicyclic) bond motifs is 2. The summed E-state index contributed by atoms with van der Waals surface area (Å²) in [6.45, 7) is 10.5. The Labute approximate surface area is 309 Å². The monoisotopic (exact) mass is 744 g/mol. The third-order valence-corrected chi connectivity index (χ3v) is 11.1. The quantitative estimate of drug-likeness (QED) is 0.128. The maximum Gasteiger partial charge on any atom is 0.341 e. The van der Waals surface area contributed by atoms with Crippen molar-refractivity contribution in [1.29, 1.82) is 0 Å². The zero-order valence-electron chi connectivity index (χ0n) is 29.3. The van der Waals surface area contributed by atoms with Gasteiger partial charge < -0.3 is 9.84 Å². The van der Waals surface area contributed by atoms with E-state index in [4.69, 9.17) is 9.84 Å². The number of esters is 1. The molecule has 0 bridgehead atoms. The number of carbonyl (C=O) groups excluding carboxylic acids is 1. The predicted molar refractivity (Wildman–Crippen MR) is 197 cm³/mol. The number of hydrogen-bond acceptors (Lipinski definition) is 5. The number of hydrogen-bond donors (Lipinski definition) is 1. The molecule has 0 radical (unpaired) electrons. The number of thioether (sulfide) groups is 2. The van der Waals surface area contributed by atoms with Crippen molar-refractivity contribution in [3.05, 3.63) is 128 Å². The molecule has 52 heavy (non-hydrogen) atoms. The number of carboxylic acids is 1. The minimum Gasteiger partial charge on any atom is -0.478 e. The summed E-state index contributed by atoms with van der Waals surface area (Å²) in [6.07, 6.45) is 2.15. The molecule has 0 fully saturated rings. The summed E-state index contributed by atoms with van der Waals surface area (Å²) in [6, 6.07) is 16.5. The van der Waals surface area contributed by atoms with Crippen molar-refractivity contribution in [2.24, 2.45) is 0 Å². The second-order valence-electron chi connectivity index (χ2n) is 13.5. The van der Waals surface area contributed by atoms with Gasteiger partial charge in [-0.3, -0.25) is 0 Å². The molecule has 0 aromatic heterocycles. The standard InChI is InChI=1S/C22H20F2O2S.C20H16F2O2S/c1-4-26-21(25)16-9-8-15(19(23)20(16)24)7-5-14-6-10-18-17(13-14)22(2,3)11-12-27-18;1-20(2)9-10-25-16-8-4-12(11-15(16)20)3-5-13-6-7-14(19(23)24)18(22)17(13)21/h6,8-10,13H,4,11-12H2,1-3H3;4,6-8,11H,9-10H2,1-2H3,(H,23,24). The molecule has 2 heterocycles. The number of benzene rings is 4. The van der Waals surface area contributed by atoms with E-state index in [0.29, 0.717) is 0 Å². The molecule has 0 aliphatic carbocycles. The topological polar surface area (TPSA) is 63.6 Å². The summed E-state index contributed by atoms with van der Waals surface area (Å²) in [5.74, 6) is 5.82. The first-order valence-electron chi connectivity index (χ1n) is 16.6. The summed E-state index contributed by atoms with van der Waals surface area (Å²) in [4.78, 5) is 24.9. The van der Waals surface area contributed by atoms with Crippen LogP contribution in [0.2, 0.25) is 0 Å². The molecule has 4 nitrogen and oxygen atoms in total. The minimum absolute atomic E-state index is 0.0543. The summed E-state index contributed by atoms with van der Waals surface area (Å²) < 4.78 is 60.9. The Hall–Kier alpha value is -4.64. The highest BCUT2D eigenvalue weighted by Crippen LogP contribution is 2.42. The van der Waals surface area contributed by atoms with Crippen LogP contribution in [0.3, 0.4) is 0 Å². The van der Waals surface area contributed by atoms with Crippen LogP contribution in [0.15, 0.2) is 70.5 Å². The van der Waals surface area contributed by atoms with Gasteiger partial charge in [0.15, 0.2) is 23.3 Å². The molecule has 2 aliphatic heterocycles. The van der Waals surface area contributed by atoms with Crippen molar-refractivity contribution in [2.75, 3.05) is 18.1 Å². The summed E-state index contributed by atoms with van der Waals surface area (Å²) >= 11 is 3.63. The second-order valence-corrected chi connectivity index (χ2v) is 15.8. The molecule has 0 amide bonds. The van der Waals surface area contributed by atoms with Crippen molar-refractivity contribution in [2.45, 2.75) is 68.1 Å². The Morgan fingerprint density at radius 3 is 1.56 bits per heavy atom. The lowest BCUT2D eigenvalue weighted by Gasteiger charge is -2.32. The van der Waals surface area contributed by atoms with Crippen molar-refractivity contribution < 1.29 is 37.0 Å². The molecular weight excluding hydrogens is 709 g/mol. The molecule has 0 saturated heterocycles. The highest BCUT2D eigenvalue weighted by Gasteiger charge is 2.29. The Morgan fingerprint density at radius 2 is 1.12 bits per heavy atom. The van der Waals surface area contributed by atoms with Crippen LogP contribution in [0.5, 0.6) is 0 Å². The van der Waals surface area contributed by atoms with Gasteiger partial charge in [0.25, 0.3) is 0 Å². The highest BCUT2D eigenvalue weighted by molar-refractivity contribution is 7.99. The van der Waals surface area contributed by atoms with Crippen LogP contribution >= 0.6 is 23.5 Å². The van der Waals surface area contributed by atoms with Crippen LogP contribution in [0.1, 0.15) is 102 Å². The molecule has 10 heteroatoms. The molecule has 268 valence electrons. The molecule has 1 N–H and O–H groups in total. The Kier molecular flexibility index (Phi) is 11.8. The second kappa shape index (κ2) is 15.9. The van der Waals surface area contributed by atoms with Crippen molar-refractivity contribution >= 4 is 35.5 Å². The minimum atomic E-state index is -1.51. The first kappa shape index (κ1) is 38.6. The summed E-state index contributed by atoms with van der Waals surface area (Å²) in [5.41, 5.74) is 2.66. The van der Waals surface area contributed by atoms with Crippen molar-refractivity contribution in [3.63, 3.8) is 0 Å². The Bertz CT molecular complexity index is 2190. The number of ether oxygens (including phenoxy) is 1. The van der Waals surface area contributed by atoms with E-state index >= 15 is 0 Å². The largest absolute Gasteiger partial charge is 0.478 e. The molecule has 0 unspecified atom stereocenters. The van der Waals surface area contributed by atoms with Gasteiger partial charge in [-0.25, -0.2) is 27.2 Å². The van der Waals surface area contributed by atoms with Gasteiger partial charge in [0.1, 0.15) is 0 Å². The van der Waals surface area contributed by atoms with E-state index < -0.39 is 46.3 Å². The molecule has 0 spiro atoms. The zero-order chi connectivity index (χ0) is 37.8. The first-order valence-corrected chi connectivity index (χ1v) is 18.5. The van der Waals surface area contributed by atoms with Gasteiger partial charge in [0.05, 0.1) is 28.9 Å². The normalized spacial score (nSPS) is 14.9. The third-order valence-electron chi connectivity index (χ3n) is 8.96. The molecular formula is C42H36F4O4S2. The number of aromatic carboxylic acids is 1. The lowest BCUT2D eigenvalue weighted by Crippen LogP contribution is -2.22. The van der Waals surface area contributed by atoms with Crippen LogP contribution in [0.25, 0.3) is 0 Å². The predicted octanol–water partition coefficient (Wildman–Crippen LogP) is 10.2. The Morgan fingerprint density at radius 1 is 0.673 bits per heavy atom. The van der Waals surface area contributed by atoms with Crippen molar-refractivity contribution in [3.8, 4) is 23.7 Å². The maximum atomic E-state index is 14.3. The van der Waals surface area contributed by atoms with Gasteiger partial charge in [0.2, 0.25) is 0 Å². The van der Waals surface area contributed by atoms with E-state index in [0.717, 1.165) is 41.5 Å². The number of carbonyl (C=O) groups is 2. The average Bonchev–Trinajstić information content (AvgIpc) is 3.10. The van der Waals surface area contributed by atoms with Gasteiger partial charge in [-0.1, -0.05) is 51.4 Å². The smallest absolute Gasteiger partial charge is 0.341 e. The molecule has 4 aromatic rings. The van der Waals surface area contributed by atoms with Crippen molar-refractivity contribution in [1.82, 2.24) is 0 Å². The lowest BCUT2D eigenvalue weighted by atomic mass is 9.81. The highest BCUT2D eigenvalue weighted by atomic mass is 32.2. The maximum absolute atomic E-state index is 14.3. The number of carboxylic acid groups (broad SMARTS) is 1. The van der Waals surface area contributed by atoms with Gasteiger partial charge in [-0.15, -0.1) is 23.5 Å². The molecule has 6 rings (SSSR count). The van der Waals surface area contributed by atoms with Crippen LogP contribution in [-0.2, 0) is 15.6 Å². The van der Waals surface area contributed by atoms with Crippen LogP contribution in [0.4, 0.5) is 17.6 Å². The summed E-state index contributed by atoms with van der Waals surface area (Å²) in [5, 5.41) is 8.81. The average molecular weight is 745 g/mol. The fourth-order valence-electron chi connectivity index (χ4n) is 5.73. The van der Waals surface area contributed by atoms with Gasteiger partial charge in [0, 0.05) is 20.9 Å². The van der Waals surface area contributed by atoms with E-state index in [9.17, 15) is 27.2 Å². The fraction of sp³-hybridized carbons (Fsp3) is 0.286. The zero-order valence-corrected chi connectivity index (χ0v) is 30.9. The van der Waals surface area contributed by atoms with E-state index in [1.807, 2.05) is 59.9 Å². The number of halogens is 4. The number of rotatable bonds is 3.